The number of carboxylic acid groups (broad SMARTS) is 1. The Hall–Kier alpha value is -2.28. The lowest BCUT2D eigenvalue weighted by Gasteiger charge is -2.25. The fourth-order valence-electron chi connectivity index (χ4n) is 2.11. The summed E-state index contributed by atoms with van der Waals surface area (Å²) in [6.45, 7) is 3.17. The van der Waals surface area contributed by atoms with Gasteiger partial charge in [0.05, 0.1) is 19.3 Å². The molecule has 5 unspecified atom stereocenters. The summed E-state index contributed by atoms with van der Waals surface area (Å²) in [4.78, 5) is 47.4. The number of aliphatic hydroxyl groups is 3. The molecule has 0 aliphatic rings. The monoisotopic (exact) mass is 406 g/mol. The maximum Gasteiger partial charge on any atom is 0.328 e. The van der Waals surface area contributed by atoms with E-state index in [1.165, 1.54) is 6.92 Å². The normalized spacial score (nSPS) is 16.4. The lowest BCUT2D eigenvalue weighted by Crippen LogP contribution is -2.59. The number of aliphatic carboxylic acids is 1. The number of hydrogen-bond acceptors (Lipinski definition) is 8. The van der Waals surface area contributed by atoms with Gasteiger partial charge in [0.1, 0.15) is 24.2 Å². The molecular weight excluding hydrogens is 376 g/mol. The van der Waals surface area contributed by atoms with Crippen molar-refractivity contribution in [2.75, 3.05) is 13.2 Å². The molecule has 0 fully saturated rings. The Balaban J connectivity index is 5.17. The first-order valence-electron chi connectivity index (χ1n) is 8.73. The van der Waals surface area contributed by atoms with Crippen LogP contribution in [-0.2, 0) is 19.2 Å². The van der Waals surface area contributed by atoms with Crippen molar-refractivity contribution in [2.24, 2.45) is 11.7 Å². The molecule has 0 bridgehead atoms. The third kappa shape index (κ3) is 8.61. The van der Waals surface area contributed by atoms with Gasteiger partial charge in [0.15, 0.2) is 0 Å². The highest BCUT2D eigenvalue weighted by molar-refractivity contribution is 5.94. The van der Waals surface area contributed by atoms with Crippen LogP contribution in [0.2, 0.25) is 0 Å². The van der Waals surface area contributed by atoms with E-state index < -0.39 is 67.2 Å². The van der Waals surface area contributed by atoms with Crippen LogP contribution in [-0.4, -0.2) is 87.6 Å². The van der Waals surface area contributed by atoms with Crippen LogP contribution in [0, 0.1) is 5.92 Å². The van der Waals surface area contributed by atoms with Gasteiger partial charge < -0.3 is 42.1 Å². The molecule has 0 radical (unpaired) electrons. The van der Waals surface area contributed by atoms with Crippen molar-refractivity contribution in [3.05, 3.63) is 0 Å². The minimum atomic E-state index is -1.60. The minimum absolute atomic E-state index is 0.0361. The van der Waals surface area contributed by atoms with Crippen LogP contribution in [0.4, 0.5) is 0 Å². The Bertz CT molecular complexity index is 555. The van der Waals surface area contributed by atoms with Crippen LogP contribution < -0.4 is 21.7 Å². The molecule has 0 aromatic carbocycles. The van der Waals surface area contributed by atoms with Gasteiger partial charge in [-0.15, -0.1) is 0 Å². The van der Waals surface area contributed by atoms with E-state index in [1.807, 2.05) is 5.32 Å². The van der Waals surface area contributed by atoms with E-state index in [4.69, 9.17) is 15.9 Å². The van der Waals surface area contributed by atoms with Crippen molar-refractivity contribution < 1.29 is 39.6 Å². The maximum absolute atomic E-state index is 12.5. The summed E-state index contributed by atoms with van der Waals surface area (Å²) in [6, 6.07) is -5.47. The first kappa shape index (κ1) is 25.7. The fourth-order valence-corrected chi connectivity index (χ4v) is 2.11. The first-order chi connectivity index (χ1) is 12.9. The number of carbonyl (C=O) groups is 4. The van der Waals surface area contributed by atoms with E-state index >= 15 is 0 Å². The highest BCUT2D eigenvalue weighted by Crippen LogP contribution is 2.06. The average molecular weight is 406 g/mol. The summed E-state index contributed by atoms with van der Waals surface area (Å²) >= 11 is 0. The van der Waals surface area contributed by atoms with Crippen molar-refractivity contribution >= 4 is 23.7 Å². The van der Waals surface area contributed by atoms with Crippen LogP contribution >= 0.6 is 0 Å². The molecule has 0 aromatic heterocycles. The molecule has 0 aliphatic carbocycles. The summed E-state index contributed by atoms with van der Waals surface area (Å²) < 4.78 is 0. The molecule has 0 spiro atoms. The molecule has 0 aromatic rings. The predicted octanol–water partition coefficient (Wildman–Crippen LogP) is -3.74. The SMILES string of the molecule is CC(C)CC(NC(=O)C(N)C(C)O)C(=O)NC(CO)C(=O)NC(CO)C(=O)O. The zero-order chi connectivity index (χ0) is 22.0. The summed E-state index contributed by atoms with van der Waals surface area (Å²) in [7, 11) is 0. The number of rotatable bonds is 12. The first-order valence-corrected chi connectivity index (χ1v) is 8.73. The Morgan fingerprint density at radius 1 is 0.821 bits per heavy atom. The van der Waals surface area contributed by atoms with Crippen LogP contribution in [0.3, 0.4) is 0 Å². The molecule has 12 nitrogen and oxygen atoms in total. The van der Waals surface area contributed by atoms with E-state index in [0.29, 0.717) is 0 Å². The van der Waals surface area contributed by atoms with E-state index in [9.17, 15) is 29.4 Å². The molecule has 162 valence electrons. The molecule has 0 saturated carbocycles. The van der Waals surface area contributed by atoms with E-state index in [0.717, 1.165) is 0 Å². The third-order valence-electron chi connectivity index (χ3n) is 3.78. The average Bonchev–Trinajstić information content (AvgIpc) is 2.61. The van der Waals surface area contributed by atoms with Gasteiger partial charge in [0.25, 0.3) is 0 Å². The second kappa shape index (κ2) is 12.2. The smallest absolute Gasteiger partial charge is 0.328 e. The van der Waals surface area contributed by atoms with Crippen LogP contribution in [0.1, 0.15) is 27.2 Å². The molecule has 9 N–H and O–H groups in total. The van der Waals surface area contributed by atoms with E-state index in [-0.39, 0.29) is 12.3 Å². The summed E-state index contributed by atoms with van der Waals surface area (Å²) in [5.41, 5.74) is 5.54. The highest BCUT2D eigenvalue weighted by Gasteiger charge is 2.30. The number of amides is 3. The van der Waals surface area contributed by atoms with Crippen molar-refractivity contribution in [3.8, 4) is 0 Å². The maximum atomic E-state index is 12.5. The Morgan fingerprint density at radius 3 is 1.64 bits per heavy atom. The van der Waals surface area contributed by atoms with Gasteiger partial charge >= 0.3 is 5.97 Å². The van der Waals surface area contributed by atoms with Gasteiger partial charge in [-0.05, 0) is 19.3 Å². The minimum Gasteiger partial charge on any atom is -0.480 e. The molecule has 3 amide bonds. The van der Waals surface area contributed by atoms with Crippen molar-refractivity contribution in [3.63, 3.8) is 0 Å². The number of nitrogens with one attached hydrogen (secondary N) is 3. The molecule has 5 atom stereocenters. The Labute approximate surface area is 162 Å². The molecule has 0 rings (SSSR count). The van der Waals surface area contributed by atoms with Crippen LogP contribution in [0.25, 0.3) is 0 Å². The van der Waals surface area contributed by atoms with Crippen molar-refractivity contribution in [1.29, 1.82) is 0 Å². The van der Waals surface area contributed by atoms with Gasteiger partial charge in [-0.2, -0.15) is 0 Å². The number of nitrogens with two attached hydrogens (primary N) is 1. The van der Waals surface area contributed by atoms with Crippen LogP contribution in [0.5, 0.6) is 0 Å². The lowest BCUT2D eigenvalue weighted by atomic mass is 10.0. The molecule has 28 heavy (non-hydrogen) atoms. The summed E-state index contributed by atoms with van der Waals surface area (Å²) in [5.74, 6) is -4.12. The predicted molar refractivity (Wildman–Crippen MR) is 96.7 cm³/mol. The number of carboxylic acids is 1. The highest BCUT2D eigenvalue weighted by atomic mass is 16.4. The number of carbonyl (C=O) groups excluding carboxylic acids is 3. The standard InChI is InChI=1S/C16H30N4O8/c1-7(2)4-9(18-15(26)12(17)8(3)23)13(24)19-10(5-21)14(25)20-11(6-22)16(27)28/h7-12,21-23H,4-6,17H2,1-3H3,(H,18,26)(H,19,24)(H,20,25)(H,27,28). The van der Waals surface area contributed by atoms with Gasteiger partial charge in [-0.25, -0.2) is 4.79 Å². The summed E-state index contributed by atoms with van der Waals surface area (Å²) in [5, 5.41) is 43.1. The van der Waals surface area contributed by atoms with Gasteiger partial charge in [0, 0.05) is 0 Å². The van der Waals surface area contributed by atoms with Crippen molar-refractivity contribution in [2.45, 2.75) is 57.5 Å². The number of hydrogen-bond donors (Lipinski definition) is 8. The number of aliphatic hydroxyl groups excluding tert-OH is 3. The van der Waals surface area contributed by atoms with Gasteiger partial charge in [-0.1, -0.05) is 13.8 Å². The van der Waals surface area contributed by atoms with Crippen molar-refractivity contribution in [1.82, 2.24) is 16.0 Å². The second-order valence-corrected chi connectivity index (χ2v) is 6.78. The zero-order valence-electron chi connectivity index (χ0n) is 16.1. The second-order valence-electron chi connectivity index (χ2n) is 6.78. The molecular formula is C16H30N4O8. The van der Waals surface area contributed by atoms with E-state index in [2.05, 4.69) is 10.6 Å². The molecule has 12 heteroatoms. The molecule has 0 aliphatic heterocycles. The third-order valence-corrected chi connectivity index (χ3v) is 3.78. The molecule has 0 saturated heterocycles. The Kier molecular flexibility index (Phi) is 11.2. The zero-order valence-corrected chi connectivity index (χ0v) is 16.1. The van der Waals surface area contributed by atoms with Gasteiger partial charge in [0.2, 0.25) is 17.7 Å². The van der Waals surface area contributed by atoms with Gasteiger partial charge in [-0.3, -0.25) is 14.4 Å². The van der Waals surface area contributed by atoms with E-state index in [1.54, 1.807) is 13.8 Å². The Morgan fingerprint density at radius 2 is 1.25 bits per heavy atom. The fraction of sp³-hybridized carbons (Fsp3) is 0.750. The lowest BCUT2D eigenvalue weighted by molar-refractivity contribution is -0.143. The molecule has 0 heterocycles. The quantitative estimate of drug-likeness (QED) is 0.160. The largest absolute Gasteiger partial charge is 0.480 e. The topological polar surface area (TPSA) is 211 Å². The summed E-state index contributed by atoms with van der Waals surface area (Å²) in [6.07, 6.45) is -0.969. The van der Waals surface area contributed by atoms with Crippen LogP contribution in [0.15, 0.2) is 0 Å².